The van der Waals surface area contributed by atoms with Crippen LogP contribution < -0.4 is 15.2 Å². The first kappa shape index (κ1) is 12.8. The maximum atomic E-state index is 6.07. The Morgan fingerprint density at radius 1 is 1.21 bits per heavy atom. The summed E-state index contributed by atoms with van der Waals surface area (Å²) >= 11 is 0. The summed E-state index contributed by atoms with van der Waals surface area (Å²) in [6.07, 6.45) is 3.68. The second-order valence-electron chi connectivity index (χ2n) is 6.04. The summed E-state index contributed by atoms with van der Waals surface area (Å²) in [5.74, 6) is 2.28. The predicted octanol–water partition coefficient (Wildman–Crippen LogP) is 2.96. The zero-order valence-electron chi connectivity index (χ0n) is 11.9. The maximum absolute atomic E-state index is 6.07. The van der Waals surface area contributed by atoms with Gasteiger partial charge in [0.25, 0.3) is 0 Å². The quantitative estimate of drug-likeness (QED) is 0.909. The Kier molecular flexibility index (Phi) is 3.17. The van der Waals surface area contributed by atoms with Crippen molar-refractivity contribution < 1.29 is 9.47 Å². The van der Waals surface area contributed by atoms with Gasteiger partial charge in [0.05, 0.1) is 0 Å². The highest BCUT2D eigenvalue weighted by atomic mass is 16.6. The van der Waals surface area contributed by atoms with Gasteiger partial charge in [0.2, 0.25) is 0 Å². The third-order valence-electron chi connectivity index (χ3n) is 4.60. The van der Waals surface area contributed by atoms with E-state index in [9.17, 15) is 0 Å². The van der Waals surface area contributed by atoms with Crippen molar-refractivity contribution in [2.45, 2.75) is 44.4 Å². The van der Waals surface area contributed by atoms with E-state index in [0.29, 0.717) is 19.1 Å². The van der Waals surface area contributed by atoms with Gasteiger partial charge in [-0.05, 0) is 30.4 Å². The summed E-state index contributed by atoms with van der Waals surface area (Å²) in [5.41, 5.74) is 8.95. The van der Waals surface area contributed by atoms with E-state index in [2.05, 4.69) is 26.0 Å². The number of rotatable bonds is 3. The van der Waals surface area contributed by atoms with Crippen molar-refractivity contribution in [2.24, 2.45) is 5.73 Å². The van der Waals surface area contributed by atoms with Crippen LogP contribution in [-0.2, 0) is 5.41 Å². The normalized spacial score (nSPS) is 20.2. The van der Waals surface area contributed by atoms with E-state index in [1.54, 1.807) is 0 Å². The molecule has 1 aromatic rings. The van der Waals surface area contributed by atoms with E-state index in [4.69, 9.17) is 15.2 Å². The Labute approximate surface area is 115 Å². The molecule has 0 atom stereocenters. The summed E-state index contributed by atoms with van der Waals surface area (Å²) in [7, 11) is 0. The van der Waals surface area contributed by atoms with E-state index in [-0.39, 0.29) is 5.41 Å². The molecular formula is C16H23NO2. The van der Waals surface area contributed by atoms with E-state index in [0.717, 1.165) is 18.0 Å². The van der Waals surface area contributed by atoms with E-state index in [1.165, 1.54) is 30.4 Å². The first-order valence-electron chi connectivity index (χ1n) is 7.31. The van der Waals surface area contributed by atoms with Crippen molar-refractivity contribution in [3.05, 3.63) is 23.3 Å². The van der Waals surface area contributed by atoms with Crippen LogP contribution in [0.4, 0.5) is 0 Å². The fourth-order valence-corrected chi connectivity index (χ4v) is 3.36. The van der Waals surface area contributed by atoms with Gasteiger partial charge in [-0.15, -0.1) is 0 Å². The highest BCUT2D eigenvalue weighted by molar-refractivity contribution is 5.55. The summed E-state index contributed by atoms with van der Waals surface area (Å²) in [6, 6.07) is 4.28. The first-order chi connectivity index (χ1) is 9.18. The summed E-state index contributed by atoms with van der Waals surface area (Å²) in [6.45, 7) is 6.46. The van der Waals surface area contributed by atoms with Gasteiger partial charge < -0.3 is 15.2 Å². The molecule has 0 amide bonds. The Morgan fingerprint density at radius 3 is 2.53 bits per heavy atom. The molecule has 2 aliphatic rings. The molecule has 1 fully saturated rings. The van der Waals surface area contributed by atoms with Crippen LogP contribution in [0.5, 0.6) is 11.5 Å². The molecule has 0 spiro atoms. The van der Waals surface area contributed by atoms with Crippen LogP contribution >= 0.6 is 0 Å². The van der Waals surface area contributed by atoms with Gasteiger partial charge in [-0.3, -0.25) is 0 Å². The minimum absolute atomic E-state index is 0.176. The third-order valence-corrected chi connectivity index (χ3v) is 4.60. The molecule has 104 valence electrons. The van der Waals surface area contributed by atoms with E-state index < -0.39 is 0 Å². The van der Waals surface area contributed by atoms with Crippen LogP contribution in [0.2, 0.25) is 0 Å². The molecule has 3 rings (SSSR count). The van der Waals surface area contributed by atoms with Gasteiger partial charge in [0, 0.05) is 17.5 Å². The lowest BCUT2D eigenvalue weighted by Crippen LogP contribution is -2.42. The minimum atomic E-state index is 0.176. The molecule has 0 unspecified atom stereocenters. The number of hydrogen-bond acceptors (Lipinski definition) is 3. The topological polar surface area (TPSA) is 44.5 Å². The van der Waals surface area contributed by atoms with Gasteiger partial charge >= 0.3 is 0 Å². The minimum Gasteiger partial charge on any atom is -0.486 e. The molecule has 1 saturated carbocycles. The largest absolute Gasteiger partial charge is 0.486 e. The van der Waals surface area contributed by atoms with Crippen molar-refractivity contribution in [3.8, 4) is 11.5 Å². The van der Waals surface area contributed by atoms with Crippen molar-refractivity contribution >= 4 is 0 Å². The number of ether oxygens (including phenoxy) is 2. The molecule has 19 heavy (non-hydrogen) atoms. The number of fused-ring (bicyclic) bond motifs is 1. The summed E-state index contributed by atoms with van der Waals surface area (Å²) in [4.78, 5) is 0. The average Bonchev–Trinajstić information content (AvgIpc) is 2.37. The lowest BCUT2D eigenvalue weighted by Gasteiger charge is -2.44. The number of nitrogens with two attached hydrogens (primary N) is 1. The van der Waals surface area contributed by atoms with E-state index in [1.807, 2.05) is 0 Å². The second-order valence-corrected chi connectivity index (χ2v) is 6.04. The fraction of sp³-hybridized carbons (Fsp3) is 0.625. The molecule has 1 aliphatic carbocycles. The lowest BCUT2D eigenvalue weighted by molar-refractivity contribution is 0.167. The fourth-order valence-electron chi connectivity index (χ4n) is 3.36. The SMILES string of the molecule is CC(C)c1c(C2(CN)CCC2)ccc2c1OCCO2. The van der Waals surface area contributed by atoms with Gasteiger partial charge in [0.15, 0.2) is 11.5 Å². The van der Waals surface area contributed by atoms with Crippen LogP contribution in [0.15, 0.2) is 12.1 Å². The Bertz CT molecular complexity index is 472. The maximum Gasteiger partial charge on any atom is 0.165 e. The zero-order valence-corrected chi connectivity index (χ0v) is 11.9. The zero-order chi connectivity index (χ0) is 13.5. The number of hydrogen-bond donors (Lipinski definition) is 1. The predicted molar refractivity (Wildman–Crippen MR) is 76.1 cm³/mol. The molecule has 0 saturated heterocycles. The highest BCUT2D eigenvalue weighted by Gasteiger charge is 2.40. The molecular weight excluding hydrogens is 238 g/mol. The number of benzene rings is 1. The smallest absolute Gasteiger partial charge is 0.165 e. The van der Waals surface area contributed by atoms with Crippen molar-refractivity contribution in [3.63, 3.8) is 0 Å². The Hall–Kier alpha value is -1.22. The summed E-state index contributed by atoms with van der Waals surface area (Å²) in [5, 5.41) is 0. The van der Waals surface area contributed by atoms with Crippen LogP contribution in [0, 0.1) is 0 Å². The van der Waals surface area contributed by atoms with Crippen LogP contribution in [-0.4, -0.2) is 19.8 Å². The Balaban J connectivity index is 2.14. The van der Waals surface area contributed by atoms with Crippen LogP contribution in [0.1, 0.15) is 50.2 Å². The molecule has 1 aromatic carbocycles. The van der Waals surface area contributed by atoms with Crippen LogP contribution in [0.25, 0.3) is 0 Å². The molecule has 1 aliphatic heterocycles. The first-order valence-corrected chi connectivity index (χ1v) is 7.31. The molecule has 3 heteroatoms. The molecule has 0 aromatic heterocycles. The van der Waals surface area contributed by atoms with Crippen LogP contribution in [0.3, 0.4) is 0 Å². The molecule has 1 heterocycles. The van der Waals surface area contributed by atoms with Gasteiger partial charge in [-0.1, -0.05) is 26.3 Å². The molecule has 2 N–H and O–H groups in total. The third kappa shape index (κ3) is 1.91. The monoisotopic (exact) mass is 261 g/mol. The van der Waals surface area contributed by atoms with E-state index >= 15 is 0 Å². The second kappa shape index (κ2) is 4.71. The van der Waals surface area contributed by atoms with Gasteiger partial charge in [0.1, 0.15) is 13.2 Å². The van der Waals surface area contributed by atoms with Crippen molar-refractivity contribution in [1.29, 1.82) is 0 Å². The molecule has 0 bridgehead atoms. The lowest BCUT2D eigenvalue weighted by atomic mass is 9.62. The van der Waals surface area contributed by atoms with Crippen molar-refractivity contribution in [2.75, 3.05) is 19.8 Å². The molecule has 3 nitrogen and oxygen atoms in total. The van der Waals surface area contributed by atoms with Gasteiger partial charge in [-0.25, -0.2) is 0 Å². The highest BCUT2D eigenvalue weighted by Crippen LogP contribution is 2.50. The molecule has 0 radical (unpaired) electrons. The Morgan fingerprint density at radius 2 is 1.95 bits per heavy atom. The summed E-state index contributed by atoms with van der Waals surface area (Å²) < 4.78 is 11.6. The average molecular weight is 261 g/mol. The van der Waals surface area contributed by atoms with Gasteiger partial charge in [-0.2, -0.15) is 0 Å². The standard InChI is InChI=1S/C16H23NO2/c1-11(2)14-12(16(10-17)6-3-7-16)4-5-13-15(14)19-9-8-18-13/h4-5,11H,3,6-10,17H2,1-2H3. The van der Waals surface area contributed by atoms with Crippen molar-refractivity contribution in [1.82, 2.24) is 0 Å².